The molecule has 0 aliphatic heterocycles. The van der Waals surface area contributed by atoms with Gasteiger partial charge in [-0.3, -0.25) is 0 Å². The number of aryl methyl sites for hydroxylation is 1. The first kappa shape index (κ1) is 19.5. The molecule has 6 nitrogen and oxygen atoms in total. The van der Waals surface area contributed by atoms with Crippen LogP contribution in [0.4, 0.5) is 17.5 Å². The standard InChI is InChI=1S/C22H26N4O2/c1-15(2)28-20-11-7-18(8-12-20)25-21-13-16(3)24-22(26-21)23-14-17-5-9-19(27-4)10-6-17/h5-13,15H,14H2,1-4H3,(H2,23,24,25,26). The van der Waals surface area contributed by atoms with Crippen LogP contribution in [-0.4, -0.2) is 23.2 Å². The van der Waals surface area contributed by atoms with Gasteiger partial charge in [-0.05, 0) is 62.7 Å². The molecular formula is C22H26N4O2. The zero-order valence-electron chi connectivity index (χ0n) is 16.7. The normalized spacial score (nSPS) is 10.6. The van der Waals surface area contributed by atoms with E-state index in [9.17, 15) is 0 Å². The van der Waals surface area contributed by atoms with E-state index in [0.29, 0.717) is 12.5 Å². The Morgan fingerprint density at radius 1 is 0.929 bits per heavy atom. The number of methoxy groups -OCH3 is 1. The quantitative estimate of drug-likeness (QED) is 0.579. The van der Waals surface area contributed by atoms with E-state index in [4.69, 9.17) is 9.47 Å². The first-order chi connectivity index (χ1) is 13.5. The Labute approximate surface area is 166 Å². The molecule has 0 unspecified atom stereocenters. The fourth-order valence-corrected chi connectivity index (χ4v) is 2.67. The van der Waals surface area contributed by atoms with E-state index in [1.807, 2.05) is 75.4 Å². The molecule has 0 spiro atoms. The van der Waals surface area contributed by atoms with Gasteiger partial charge in [0.2, 0.25) is 5.95 Å². The average molecular weight is 378 g/mol. The maximum atomic E-state index is 5.67. The summed E-state index contributed by atoms with van der Waals surface area (Å²) in [5, 5.41) is 6.59. The van der Waals surface area contributed by atoms with Crippen molar-refractivity contribution in [2.24, 2.45) is 0 Å². The van der Waals surface area contributed by atoms with Crippen molar-refractivity contribution in [3.8, 4) is 11.5 Å². The van der Waals surface area contributed by atoms with Gasteiger partial charge in [0, 0.05) is 24.0 Å². The molecule has 0 fully saturated rings. The van der Waals surface area contributed by atoms with E-state index < -0.39 is 0 Å². The third-order valence-corrected chi connectivity index (χ3v) is 3.96. The van der Waals surface area contributed by atoms with Gasteiger partial charge in [0.1, 0.15) is 17.3 Å². The lowest BCUT2D eigenvalue weighted by Gasteiger charge is -2.12. The minimum absolute atomic E-state index is 0.155. The summed E-state index contributed by atoms with van der Waals surface area (Å²) >= 11 is 0. The molecule has 2 N–H and O–H groups in total. The predicted molar refractivity (Wildman–Crippen MR) is 113 cm³/mol. The topological polar surface area (TPSA) is 68.3 Å². The summed E-state index contributed by atoms with van der Waals surface area (Å²) in [5.74, 6) is 3.01. The second kappa shape index (κ2) is 9.08. The number of aromatic nitrogens is 2. The second-order valence-electron chi connectivity index (χ2n) is 6.74. The number of nitrogens with zero attached hydrogens (tertiary/aromatic N) is 2. The van der Waals surface area contributed by atoms with Gasteiger partial charge in [0.05, 0.1) is 13.2 Å². The van der Waals surface area contributed by atoms with E-state index in [2.05, 4.69) is 20.6 Å². The SMILES string of the molecule is COc1ccc(CNc2nc(C)cc(Nc3ccc(OC(C)C)cc3)n2)cc1. The van der Waals surface area contributed by atoms with Crippen LogP contribution in [0.25, 0.3) is 0 Å². The van der Waals surface area contributed by atoms with E-state index in [1.54, 1.807) is 7.11 Å². The summed E-state index contributed by atoms with van der Waals surface area (Å²) in [6, 6.07) is 17.7. The average Bonchev–Trinajstić information content (AvgIpc) is 2.67. The first-order valence-electron chi connectivity index (χ1n) is 9.28. The van der Waals surface area contributed by atoms with Crippen LogP contribution < -0.4 is 20.1 Å². The van der Waals surface area contributed by atoms with Crippen LogP contribution in [-0.2, 0) is 6.54 Å². The van der Waals surface area contributed by atoms with E-state index in [0.717, 1.165) is 34.3 Å². The third kappa shape index (κ3) is 5.61. The smallest absolute Gasteiger partial charge is 0.225 e. The molecule has 6 heteroatoms. The lowest BCUT2D eigenvalue weighted by Crippen LogP contribution is -2.07. The molecule has 0 atom stereocenters. The van der Waals surface area contributed by atoms with Gasteiger partial charge in [-0.1, -0.05) is 12.1 Å². The zero-order chi connectivity index (χ0) is 19.9. The van der Waals surface area contributed by atoms with Crippen molar-refractivity contribution in [2.75, 3.05) is 17.7 Å². The maximum absolute atomic E-state index is 5.67. The Kier molecular flexibility index (Phi) is 6.32. The molecule has 0 aliphatic rings. The van der Waals surface area contributed by atoms with Crippen LogP contribution in [0.15, 0.2) is 54.6 Å². The Bertz CT molecular complexity index is 893. The largest absolute Gasteiger partial charge is 0.497 e. The molecule has 0 radical (unpaired) electrons. The van der Waals surface area contributed by atoms with Crippen LogP contribution in [0.2, 0.25) is 0 Å². The Morgan fingerprint density at radius 3 is 2.25 bits per heavy atom. The highest BCUT2D eigenvalue weighted by atomic mass is 16.5. The van der Waals surface area contributed by atoms with Crippen LogP contribution in [0.3, 0.4) is 0 Å². The number of anilines is 3. The van der Waals surface area contributed by atoms with Crippen molar-refractivity contribution in [1.29, 1.82) is 0 Å². The van der Waals surface area contributed by atoms with Crippen molar-refractivity contribution in [3.05, 3.63) is 65.9 Å². The Morgan fingerprint density at radius 2 is 1.61 bits per heavy atom. The number of nitrogens with one attached hydrogen (secondary N) is 2. The van der Waals surface area contributed by atoms with Gasteiger partial charge in [0.25, 0.3) is 0 Å². The van der Waals surface area contributed by atoms with Gasteiger partial charge in [-0.15, -0.1) is 0 Å². The highest BCUT2D eigenvalue weighted by Gasteiger charge is 2.04. The molecule has 3 aromatic rings. The van der Waals surface area contributed by atoms with Gasteiger partial charge >= 0.3 is 0 Å². The molecule has 1 heterocycles. The van der Waals surface area contributed by atoms with E-state index in [-0.39, 0.29) is 6.10 Å². The molecule has 0 aliphatic carbocycles. The zero-order valence-corrected chi connectivity index (χ0v) is 16.7. The number of hydrogen-bond donors (Lipinski definition) is 2. The summed E-state index contributed by atoms with van der Waals surface area (Å²) in [7, 11) is 1.66. The number of ether oxygens (including phenoxy) is 2. The minimum atomic E-state index is 0.155. The van der Waals surface area contributed by atoms with Crippen molar-refractivity contribution in [3.63, 3.8) is 0 Å². The number of rotatable bonds is 8. The monoisotopic (exact) mass is 378 g/mol. The van der Waals surface area contributed by atoms with Crippen LogP contribution in [0, 0.1) is 6.92 Å². The molecule has 0 saturated heterocycles. The van der Waals surface area contributed by atoms with Gasteiger partial charge in [-0.25, -0.2) is 4.98 Å². The molecule has 3 rings (SSSR count). The van der Waals surface area contributed by atoms with Crippen molar-refractivity contribution in [2.45, 2.75) is 33.4 Å². The Hall–Kier alpha value is -3.28. The molecule has 0 saturated carbocycles. The molecule has 2 aromatic carbocycles. The molecular weight excluding hydrogens is 352 g/mol. The van der Waals surface area contributed by atoms with Gasteiger partial charge < -0.3 is 20.1 Å². The van der Waals surface area contributed by atoms with Crippen molar-refractivity contribution < 1.29 is 9.47 Å². The molecule has 0 bridgehead atoms. The van der Waals surface area contributed by atoms with Crippen LogP contribution in [0.1, 0.15) is 25.1 Å². The van der Waals surface area contributed by atoms with Gasteiger partial charge in [0.15, 0.2) is 0 Å². The van der Waals surface area contributed by atoms with Crippen LogP contribution >= 0.6 is 0 Å². The van der Waals surface area contributed by atoms with E-state index in [1.165, 1.54) is 0 Å². The Balaban J connectivity index is 1.65. The molecule has 0 amide bonds. The van der Waals surface area contributed by atoms with Gasteiger partial charge in [-0.2, -0.15) is 4.98 Å². The number of hydrogen-bond acceptors (Lipinski definition) is 6. The number of benzene rings is 2. The predicted octanol–water partition coefficient (Wildman–Crippen LogP) is 4.94. The first-order valence-corrected chi connectivity index (χ1v) is 9.28. The fraction of sp³-hybridized carbons (Fsp3) is 0.273. The van der Waals surface area contributed by atoms with E-state index >= 15 is 0 Å². The van der Waals surface area contributed by atoms with Crippen LogP contribution in [0.5, 0.6) is 11.5 Å². The summed E-state index contributed by atoms with van der Waals surface area (Å²) in [6.45, 7) is 6.60. The maximum Gasteiger partial charge on any atom is 0.225 e. The molecule has 146 valence electrons. The second-order valence-corrected chi connectivity index (χ2v) is 6.74. The minimum Gasteiger partial charge on any atom is -0.497 e. The summed E-state index contributed by atoms with van der Waals surface area (Å²) in [4.78, 5) is 9.02. The fourth-order valence-electron chi connectivity index (χ4n) is 2.67. The molecule has 1 aromatic heterocycles. The summed E-state index contributed by atoms with van der Waals surface area (Å²) < 4.78 is 10.9. The van der Waals surface area contributed by atoms with Crippen molar-refractivity contribution in [1.82, 2.24) is 9.97 Å². The third-order valence-electron chi connectivity index (χ3n) is 3.96. The summed E-state index contributed by atoms with van der Waals surface area (Å²) in [5.41, 5.74) is 2.95. The molecule has 28 heavy (non-hydrogen) atoms. The highest BCUT2D eigenvalue weighted by molar-refractivity contribution is 5.58. The summed E-state index contributed by atoms with van der Waals surface area (Å²) in [6.07, 6.45) is 0.155. The lowest BCUT2D eigenvalue weighted by atomic mass is 10.2. The highest BCUT2D eigenvalue weighted by Crippen LogP contribution is 2.21. The van der Waals surface area contributed by atoms with Crippen molar-refractivity contribution >= 4 is 17.5 Å². The lowest BCUT2D eigenvalue weighted by molar-refractivity contribution is 0.242.